The molecule has 0 aliphatic heterocycles. The molecule has 15 heteroatoms. The molecular formula is C34H31N13Y2-2. The van der Waals surface area contributed by atoms with Crippen LogP contribution in [0.5, 0.6) is 0 Å². The number of rotatable bonds is 0. The van der Waals surface area contributed by atoms with Crippen LogP contribution >= 0.6 is 0 Å². The van der Waals surface area contributed by atoms with Crippen LogP contribution in [0.1, 0.15) is 40.0 Å². The van der Waals surface area contributed by atoms with Crippen LogP contribution in [0.15, 0.2) is 62.1 Å². The van der Waals surface area contributed by atoms with Crippen molar-refractivity contribution < 1.29 is 65.4 Å². The summed E-state index contributed by atoms with van der Waals surface area (Å²) in [6.07, 6.45) is 14.1. The van der Waals surface area contributed by atoms with Crippen molar-refractivity contribution in [2.24, 2.45) is 0 Å². The fourth-order valence-corrected chi connectivity index (χ4v) is 4.33. The molecule has 49 heavy (non-hydrogen) atoms. The molecule has 8 heterocycles. The van der Waals surface area contributed by atoms with Gasteiger partial charge in [0.05, 0.1) is 29.9 Å². The molecule has 0 amide bonds. The molecule has 0 aliphatic carbocycles. The third-order valence-electron chi connectivity index (χ3n) is 6.85. The SMILES string of the molecule is Cc1[c-]cc2ncnc(C)c2n1.Cc1cc2c(C)ncnc2cn1.Cc1ncc2ncnc(C)c2n1.Cc1ncnc2c[c-]ncc12.[Y].[Y]. The minimum atomic E-state index is 0. The van der Waals surface area contributed by atoms with Gasteiger partial charge in [-0.3, -0.25) is 9.97 Å². The van der Waals surface area contributed by atoms with Gasteiger partial charge in [-0.25, -0.2) is 52.0 Å². The Balaban J connectivity index is 0.000000175. The van der Waals surface area contributed by atoms with Crippen LogP contribution < -0.4 is 0 Å². The van der Waals surface area contributed by atoms with Gasteiger partial charge in [0.15, 0.2) is 0 Å². The number of pyridine rings is 3. The Morgan fingerprint density at radius 3 is 1.69 bits per heavy atom. The summed E-state index contributed by atoms with van der Waals surface area (Å²) >= 11 is 0. The maximum absolute atomic E-state index is 4.29. The summed E-state index contributed by atoms with van der Waals surface area (Å²) < 4.78 is 0. The van der Waals surface area contributed by atoms with Crippen molar-refractivity contribution in [1.82, 2.24) is 64.8 Å². The van der Waals surface area contributed by atoms with Gasteiger partial charge in [0.25, 0.3) is 0 Å². The standard InChI is InChI=1S/C9H9N3.C9H8N3.C8H8N4.C8H6N3.2Y/c1-6-3-8-7(2)11-5-12-9(8)4-10-6;1-6-3-4-8-9(12-6)7(2)10-5-11-8;1-5-8-7(11-4-10-5)3-9-6(2)12-8;1-6-7-4-9-3-2-8(7)11-5-10-6;;/h3-5H,1-2H3;4-5H,1-2H3;3-4H,1-2H3;2,4-5H,1H3;;/q;-1;;-1;;. The summed E-state index contributed by atoms with van der Waals surface area (Å²) in [5.41, 5.74) is 10.8. The second-order valence-corrected chi connectivity index (χ2v) is 10.4. The molecule has 0 spiro atoms. The van der Waals surface area contributed by atoms with Gasteiger partial charge in [-0.2, -0.15) is 0 Å². The average Bonchev–Trinajstić information content (AvgIpc) is 3.07. The van der Waals surface area contributed by atoms with Gasteiger partial charge in [-0.1, -0.05) is 29.0 Å². The molecular weight excluding hydrogens is 768 g/mol. The van der Waals surface area contributed by atoms with E-state index in [4.69, 9.17) is 0 Å². The van der Waals surface area contributed by atoms with Crippen LogP contribution in [0.4, 0.5) is 0 Å². The second kappa shape index (κ2) is 18.7. The Morgan fingerprint density at radius 2 is 1.02 bits per heavy atom. The molecule has 0 N–H and O–H groups in total. The van der Waals surface area contributed by atoms with E-state index in [0.29, 0.717) is 0 Å². The van der Waals surface area contributed by atoms with E-state index < -0.39 is 0 Å². The Hall–Kier alpha value is -3.90. The van der Waals surface area contributed by atoms with Crippen molar-refractivity contribution in [2.45, 2.75) is 48.5 Å². The zero-order valence-electron chi connectivity index (χ0n) is 28.2. The topological polar surface area (TPSA) is 168 Å². The summed E-state index contributed by atoms with van der Waals surface area (Å²) in [6, 6.07) is 8.60. The van der Waals surface area contributed by atoms with Crippen LogP contribution in [-0.2, 0) is 65.4 Å². The van der Waals surface area contributed by atoms with Crippen LogP contribution in [0, 0.1) is 60.7 Å². The molecule has 8 aromatic heterocycles. The summed E-state index contributed by atoms with van der Waals surface area (Å²) in [5, 5.41) is 2.08. The largest absolute Gasteiger partial charge is 0.393 e. The van der Waals surface area contributed by atoms with Crippen LogP contribution in [0.2, 0.25) is 0 Å². The molecule has 0 unspecified atom stereocenters. The maximum atomic E-state index is 4.29. The fourth-order valence-electron chi connectivity index (χ4n) is 4.33. The molecule has 0 aliphatic rings. The molecule has 0 saturated carbocycles. The van der Waals surface area contributed by atoms with E-state index in [1.165, 1.54) is 6.33 Å². The molecule has 0 atom stereocenters. The van der Waals surface area contributed by atoms with E-state index in [0.717, 1.165) is 83.9 Å². The zero-order chi connectivity index (χ0) is 33.3. The zero-order valence-corrected chi connectivity index (χ0v) is 33.9. The fraction of sp³-hybridized carbons (Fsp3) is 0.206. The smallest absolute Gasteiger partial charge is 0.126 e. The summed E-state index contributed by atoms with van der Waals surface area (Å²) in [5.74, 6) is 0.750. The van der Waals surface area contributed by atoms with Gasteiger partial charge in [0.1, 0.15) is 35.8 Å². The van der Waals surface area contributed by atoms with Gasteiger partial charge in [0, 0.05) is 99.1 Å². The number of nitrogens with zero attached hydrogens (tertiary/aromatic N) is 13. The summed E-state index contributed by atoms with van der Waals surface area (Å²) in [6.45, 7) is 13.5. The molecule has 8 rings (SSSR count). The average molecular weight is 800 g/mol. The van der Waals surface area contributed by atoms with E-state index >= 15 is 0 Å². The minimum Gasteiger partial charge on any atom is -0.393 e. The first-order chi connectivity index (χ1) is 22.7. The molecule has 0 saturated heterocycles. The van der Waals surface area contributed by atoms with Crippen molar-refractivity contribution in [1.29, 1.82) is 0 Å². The third-order valence-corrected chi connectivity index (χ3v) is 6.85. The molecule has 0 bridgehead atoms. The molecule has 0 aromatic carbocycles. The van der Waals surface area contributed by atoms with Gasteiger partial charge < -0.3 is 15.0 Å². The second-order valence-electron chi connectivity index (χ2n) is 10.4. The van der Waals surface area contributed by atoms with Gasteiger partial charge >= 0.3 is 0 Å². The molecule has 2 radical (unpaired) electrons. The Labute approximate surface area is 334 Å². The van der Waals surface area contributed by atoms with Gasteiger partial charge in [0.2, 0.25) is 0 Å². The summed E-state index contributed by atoms with van der Waals surface area (Å²) in [4.78, 5) is 53.2. The third kappa shape index (κ3) is 10.5. The van der Waals surface area contributed by atoms with Crippen molar-refractivity contribution in [3.63, 3.8) is 0 Å². The molecule has 0 fully saturated rings. The number of fused-ring (bicyclic) bond motifs is 4. The first-order valence-corrected chi connectivity index (χ1v) is 14.5. The van der Waals surface area contributed by atoms with Crippen LogP contribution in [0.3, 0.4) is 0 Å². The number of aromatic nitrogens is 13. The van der Waals surface area contributed by atoms with Crippen molar-refractivity contribution in [3.05, 3.63) is 114 Å². The van der Waals surface area contributed by atoms with Crippen molar-refractivity contribution in [3.8, 4) is 0 Å². The Morgan fingerprint density at radius 1 is 0.469 bits per heavy atom. The maximum Gasteiger partial charge on any atom is 0.126 e. The first kappa shape index (κ1) is 39.5. The van der Waals surface area contributed by atoms with Crippen LogP contribution in [0.25, 0.3) is 43.9 Å². The number of hydrogen-bond donors (Lipinski definition) is 0. The van der Waals surface area contributed by atoms with Crippen LogP contribution in [-0.4, -0.2) is 64.8 Å². The Kier molecular flexibility index (Phi) is 15.1. The van der Waals surface area contributed by atoms with Crippen molar-refractivity contribution >= 4 is 43.9 Å². The normalized spacial score (nSPS) is 10.0. The quantitative estimate of drug-likeness (QED) is 0.183. The van der Waals surface area contributed by atoms with Gasteiger partial charge in [-0.05, 0) is 60.0 Å². The predicted octanol–water partition coefficient (Wildman–Crippen LogP) is 5.25. The minimum absolute atomic E-state index is 0. The monoisotopic (exact) mass is 799 g/mol. The molecule has 13 nitrogen and oxygen atoms in total. The Bertz CT molecular complexity index is 2120. The van der Waals surface area contributed by atoms with Crippen molar-refractivity contribution in [2.75, 3.05) is 0 Å². The predicted molar refractivity (Wildman–Crippen MR) is 178 cm³/mol. The van der Waals surface area contributed by atoms with E-state index in [9.17, 15) is 0 Å². The van der Waals surface area contributed by atoms with E-state index in [1.54, 1.807) is 43.6 Å². The number of aryl methyl sites for hydroxylation is 7. The molecule has 240 valence electrons. The van der Waals surface area contributed by atoms with E-state index in [-0.39, 0.29) is 65.4 Å². The van der Waals surface area contributed by atoms with E-state index in [2.05, 4.69) is 77.1 Å². The van der Waals surface area contributed by atoms with E-state index in [1.807, 2.05) is 60.6 Å². The molecule has 8 aromatic rings. The number of hydrogen-bond acceptors (Lipinski definition) is 13. The van der Waals surface area contributed by atoms with Gasteiger partial charge in [-0.15, -0.1) is 6.07 Å². The first-order valence-electron chi connectivity index (χ1n) is 14.5. The summed E-state index contributed by atoms with van der Waals surface area (Å²) in [7, 11) is 0.